The maximum atomic E-state index is 11.7. The van der Waals surface area contributed by atoms with Gasteiger partial charge in [-0.25, -0.2) is 0 Å². The Morgan fingerprint density at radius 3 is 2.29 bits per heavy atom. The fourth-order valence-electron chi connectivity index (χ4n) is 1.88. The molecule has 0 aliphatic heterocycles. The van der Waals surface area contributed by atoms with E-state index in [4.69, 9.17) is 21.4 Å². The van der Waals surface area contributed by atoms with Crippen LogP contribution in [0.3, 0.4) is 0 Å². The molecule has 0 spiro atoms. The summed E-state index contributed by atoms with van der Waals surface area (Å²) < 4.78 is 5.43. The minimum atomic E-state index is -1.00. The van der Waals surface area contributed by atoms with Crippen LogP contribution in [0.15, 0.2) is 24.3 Å². The molecule has 1 N–H and O–H groups in total. The second-order valence-corrected chi connectivity index (χ2v) is 5.83. The smallest absolute Gasteiger partial charge is 0.306 e. The number of halogens is 1. The quantitative estimate of drug-likeness (QED) is 0.730. The zero-order chi connectivity index (χ0) is 15.8. The molecule has 116 valence electrons. The van der Waals surface area contributed by atoms with Crippen LogP contribution in [-0.2, 0) is 14.3 Å². The predicted octanol–water partition coefficient (Wildman–Crippen LogP) is 4.23. The molecule has 0 fully saturated rings. The summed E-state index contributed by atoms with van der Waals surface area (Å²) in [4.78, 5) is 22.2. The molecule has 0 saturated carbocycles. The van der Waals surface area contributed by atoms with E-state index in [1.807, 2.05) is 12.1 Å². The van der Waals surface area contributed by atoms with E-state index < -0.39 is 11.9 Å². The van der Waals surface area contributed by atoms with Crippen molar-refractivity contribution in [1.29, 1.82) is 0 Å². The van der Waals surface area contributed by atoms with E-state index in [2.05, 4.69) is 13.8 Å². The van der Waals surface area contributed by atoms with Crippen molar-refractivity contribution in [3.8, 4) is 0 Å². The van der Waals surface area contributed by atoms with E-state index in [-0.39, 0.29) is 18.9 Å². The van der Waals surface area contributed by atoms with E-state index in [9.17, 15) is 9.59 Å². The van der Waals surface area contributed by atoms with E-state index in [0.717, 1.165) is 12.0 Å². The topological polar surface area (TPSA) is 63.6 Å². The van der Waals surface area contributed by atoms with Crippen molar-refractivity contribution in [3.63, 3.8) is 0 Å². The lowest BCUT2D eigenvalue weighted by molar-refractivity contribution is -0.152. The average Bonchev–Trinajstić information content (AvgIpc) is 2.42. The van der Waals surface area contributed by atoms with Gasteiger partial charge in [0, 0.05) is 5.02 Å². The van der Waals surface area contributed by atoms with Gasteiger partial charge in [-0.2, -0.15) is 0 Å². The van der Waals surface area contributed by atoms with Gasteiger partial charge in [0.2, 0.25) is 0 Å². The number of ether oxygens (including phenoxy) is 1. The normalized spacial score (nSPS) is 12.2. The van der Waals surface area contributed by atoms with Crippen LogP contribution in [0.25, 0.3) is 0 Å². The third-order valence-electron chi connectivity index (χ3n) is 3.06. The summed E-state index contributed by atoms with van der Waals surface area (Å²) >= 11 is 5.86. The molecule has 0 heterocycles. The highest BCUT2D eigenvalue weighted by molar-refractivity contribution is 6.30. The predicted molar refractivity (Wildman–Crippen MR) is 81.2 cm³/mol. The van der Waals surface area contributed by atoms with Gasteiger partial charge < -0.3 is 9.84 Å². The minimum Gasteiger partial charge on any atom is -0.481 e. The fourth-order valence-corrected chi connectivity index (χ4v) is 2.01. The van der Waals surface area contributed by atoms with E-state index in [1.54, 1.807) is 12.1 Å². The summed E-state index contributed by atoms with van der Waals surface area (Å²) in [6.07, 6.45) is 0.945. The summed E-state index contributed by atoms with van der Waals surface area (Å²) in [5, 5.41) is 9.22. The van der Waals surface area contributed by atoms with Crippen LogP contribution in [-0.4, -0.2) is 17.0 Å². The number of rotatable bonds is 8. The molecule has 0 amide bonds. The molecule has 0 aliphatic carbocycles. The second kappa shape index (κ2) is 8.67. The van der Waals surface area contributed by atoms with Crippen LogP contribution in [0, 0.1) is 5.92 Å². The summed E-state index contributed by atoms with van der Waals surface area (Å²) in [5.74, 6) is -0.990. The molecule has 4 nitrogen and oxygen atoms in total. The van der Waals surface area contributed by atoms with Crippen molar-refractivity contribution in [1.82, 2.24) is 0 Å². The number of hydrogen-bond acceptors (Lipinski definition) is 3. The SMILES string of the molecule is CC(C)CC[C@H](OC(=O)CCC(=O)O)c1ccc(Cl)cc1. The van der Waals surface area contributed by atoms with Crippen LogP contribution >= 0.6 is 11.6 Å². The van der Waals surface area contributed by atoms with Crippen molar-refractivity contribution in [2.45, 2.75) is 45.6 Å². The van der Waals surface area contributed by atoms with Gasteiger partial charge in [-0.3, -0.25) is 9.59 Å². The summed E-state index contributed by atoms with van der Waals surface area (Å²) in [5.41, 5.74) is 0.878. The Morgan fingerprint density at radius 1 is 1.14 bits per heavy atom. The van der Waals surface area contributed by atoms with Crippen molar-refractivity contribution in [3.05, 3.63) is 34.9 Å². The van der Waals surface area contributed by atoms with Crippen LogP contribution in [0.4, 0.5) is 0 Å². The largest absolute Gasteiger partial charge is 0.481 e. The molecule has 0 aromatic heterocycles. The molecule has 0 aliphatic rings. The zero-order valence-corrected chi connectivity index (χ0v) is 13.1. The maximum absolute atomic E-state index is 11.7. The van der Waals surface area contributed by atoms with Crippen molar-refractivity contribution < 1.29 is 19.4 Å². The molecular formula is C16H21ClO4. The number of carboxylic acids is 1. The van der Waals surface area contributed by atoms with Gasteiger partial charge in [0.15, 0.2) is 0 Å². The Balaban J connectivity index is 2.70. The third-order valence-corrected chi connectivity index (χ3v) is 3.32. The van der Waals surface area contributed by atoms with Crippen molar-refractivity contribution in [2.75, 3.05) is 0 Å². The summed E-state index contributed by atoms with van der Waals surface area (Å²) in [7, 11) is 0. The number of carbonyl (C=O) groups is 2. The highest BCUT2D eigenvalue weighted by Gasteiger charge is 2.18. The lowest BCUT2D eigenvalue weighted by Crippen LogP contribution is -2.13. The first-order chi connectivity index (χ1) is 9.88. The zero-order valence-electron chi connectivity index (χ0n) is 12.3. The molecule has 1 atom stereocenters. The molecule has 21 heavy (non-hydrogen) atoms. The Kier molecular flexibility index (Phi) is 7.23. The number of carbonyl (C=O) groups excluding carboxylic acids is 1. The molecule has 1 rings (SSSR count). The second-order valence-electron chi connectivity index (χ2n) is 5.39. The number of aliphatic carboxylic acids is 1. The first kappa shape index (κ1) is 17.5. The summed E-state index contributed by atoms with van der Waals surface area (Å²) in [6, 6.07) is 7.17. The van der Waals surface area contributed by atoms with Gasteiger partial charge in [-0.05, 0) is 36.5 Å². The highest BCUT2D eigenvalue weighted by Crippen LogP contribution is 2.26. The van der Waals surface area contributed by atoms with Gasteiger partial charge >= 0.3 is 11.9 Å². The molecule has 5 heteroatoms. The Bertz CT molecular complexity index is 468. The Hall–Kier alpha value is -1.55. The van der Waals surface area contributed by atoms with Gasteiger partial charge in [-0.1, -0.05) is 37.6 Å². The molecule has 0 bridgehead atoms. The maximum Gasteiger partial charge on any atom is 0.306 e. The van der Waals surface area contributed by atoms with Crippen LogP contribution in [0.1, 0.15) is 51.2 Å². The summed E-state index contributed by atoms with van der Waals surface area (Å²) in [6.45, 7) is 4.20. The van der Waals surface area contributed by atoms with Gasteiger partial charge in [0.25, 0.3) is 0 Å². The molecular weight excluding hydrogens is 292 g/mol. The van der Waals surface area contributed by atoms with Crippen molar-refractivity contribution >= 4 is 23.5 Å². The Morgan fingerprint density at radius 2 is 1.76 bits per heavy atom. The van der Waals surface area contributed by atoms with E-state index in [0.29, 0.717) is 17.4 Å². The van der Waals surface area contributed by atoms with E-state index in [1.165, 1.54) is 0 Å². The lowest BCUT2D eigenvalue weighted by atomic mass is 10.00. The van der Waals surface area contributed by atoms with Gasteiger partial charge in [-0.15, -0.1) is 0 Å². The monoisotopic (exact) mass is 312 g/mol. The molecule has 0 saturated heterocycles. The fraction of sp³-hybridized carbons (Fsp3) is 0.500. The Labute approximate surface area is 130 Å². The molecule has 0 unspecified atom stereocenters. The number of esters is 1. The van der Waals surface area contributed by atoms with Crippen LogP contribution < -0.4 is 0 Å². The first-order valence-corrected chi connectivity index (χ1v) is 7.43. The van der Waals surface area contributed by atoms with Crippen LogP contribution in [0.2, 0.25) is 5.02 Å². The lowest BCUT2D eigenvalue weighted by Gasteiger charge is -2.19. The first-order valence-electron chi connectivity index (χ1n) is 7.05. The van der Waals surface area contributed by atoms with Gasteiger partial charge in [0.05, 0.1) is 12.8 Å². The van der Waals surface area contributed by atoms with Crippen molar-refractivity contribution in [2.24, 2.45) is 5.92 Å². The highest BCUT2D eigenvalue weighted by atomic mass is 35.5. The minimum absolute atomic E-state index is 0.110. The molecule has 1 aromatic rings. The standard InChI is InChI=1S/C16H21ClO4/c1-11(2)3-8-14(12-4-6-13(17)7-5-12)21-16(20)10-9-15(18)19/h4-7,11,14H,3,8-10H2,1-2H3,(H,18,19)/t14-/m0/s1. The number of carboxylic acid groups (broad SMARTS) is 1. The van der Waals surface area contributed by atoms with Crippen LogP contribution in [0.5, 0.6) is 0 Å². The van der Waals surface area contributed by atoms with Gasteiger partial charge in [0.1, 0.15) is 6.10 Å². The molecule has 1 aromatic carbocycles. The average molecular weight is 313 g/mol. The van der Waals surface area contributed by atoms with E-state index >= 15 is 0 Å². The number of hydrogen-bond donors (Lipinski definition) is 1. The third kappa shape index (κ3) is 7.14. The number of benzene rings is 1. The molecule has 0 radical (unpaired) electrons.